The number of nitrogens with zero attached hydrogens (tertiary/aromatic N) is 2. The molecule has 0 aliphatic carbocycles. The molecule has 2 rings (SSSR count). The van der Waals surface area contributed by atoms with E-state index in [1.54, 1.807) is 0 Å². The second-order valence-corrected chi connectivity index (χ2v) is 7.22. The van der Waals surface area contributed by atoms with E-state index >= 15 is 0 Å². The molecule has 21 heavy (non-hydrogen) atoms. The second kappa shape index (κ2) is 6.53. The topological polar surface area (TPSA) is 80.3 Å². The molecule has 1 fully saturated rings. The van der Waals surface area contributed by atoms with E-state index in [2.05, 4.69) is 6.92 Å². The Morgan fingerprint density at radius 1 is 1.24 bits per heavy atom. The second-order valence-electron chi connectivity index (χ2n) is 5.33. The lowest BCUT2D eigenvalue weighted by atomic mass is 10.1. The van der Waals surface area contributed by atoms with Gasteiger partial charge in [-0.2, -0.15) is 4.31 Å². The summed E-state index contributed by atoms with van der Waals surface area (Å²) in [5, 5.41) is 10.6. The molecule has 1 aromatic rings. The number of hydrogen-bond acceptors (Lipinski definition) is 4. The van der Waals surface area contributed by atoms with Crippen molar-refractivity contribution in [3.63, 3.8) is 0 Å². The molecular weight excluding hydrogens is 292 g/mol. The summed E-state index contributed by atoms with van der Waals surface area (Å²) in [6, 6.07) is 5.17. The third kappa shape index (κ3) is 3.79. The summed E-state index contributed by atoms with van der Waals surface area (Å²) in [7, 11) is -3.49. The number of benzene rings is 1. The standard InChI is InChI=1S/C14H20N2O4S/c1-2-3-4-5-6-13-11-15(13)21(19,20)14-9-7-12(8-10-14)16(17)18/h7-10,13H,2-6,11H2,1H3/t13-,15?/m0/s1. The maximum absolute atomic E-state index is 12.3. The summed E-state index contributed by atoms with van der Waals surface area (Å²) in [4.78, 5) is 10.2. The van der Waals surface area contributed by atoms with Crippen LogP contribution in [0.1, 0.15) is 39.0 Å². The van der Waals surface area contributed by atoms with Crippen LogP contribution in [-0.4, -0.2) is 30.2 Å². The van der Waals surface area contributed by atoms with Gasteiger partial charge in [0.25, 0.3) is 5.69 Å². The highest BCUT2D eigenvalue weighted by atomic mass is 32.2. The Balaban J connectivity index is 1.95. The predicted octanol–water partition coefficient (Wildman–Crippen LogP) is 2.94. The zero-order valence-electron chi connectivity index (χ0n) is 12.1. The minimum absolute atomic E-state index is 0.0991. The SMILES string of the molecule is CCCCCC[C@H]1CN1S(=O)(=O)c1ccc([N+](=O)[O-])cc1. The Morgan fingerprint density at radius 2 is 1.90 bits per heavy atom. The van der Waals surface area contributed by atoms with Gasteiger partial charge in [0.2, 0.25) is 10.0 Å². The minimum atomic E-state index is -3.49. The molecule has 1 aromatic carbocycles. The monoisotopic (exact) mass is 312 g/mol. The predicted molar refractivity (Wildman–Crippen MR) is 79.5 cm³/mol. The highest BCUT2D eigenvalue weighted by molar-refractivity contribution is 7.89. The normalized spacial score (nSPS) is 21.2. The molecule has 0 bridgehead atoms. The molecule has 116 valence electrons. The molecule has 0 saturated carbocycles. The molecule has 1 aliphatic heterocycles. The first-order valence-electron chi connectivity index (χ1n) is 7.23. The van der Waals surface area contributed by atoms with Crippen LogP contribution in [0.15, 0.2) is 29.2 Å². The van der Waals surface area contributed by atoms with Gasteiger partial charge < -0.3 is 0 Å². The van der Waals surface area contributed by atoms with Crippen LogP contribution >= 0.6 is 0 Å². The first kappa shape index (κ1) is 15.9. The highest BCUT2D eigenvalue weighted by Crippen LogP contribution is 2.32. The average molecular weight is 312 g/mol. The molecule has 0 spiro atoms. The van der Waals surface area contributed by atoms with E-state index in [0.29, 0.717) is 6.54 Å². The van der Waals surface area contributed by atoms with Crippen LogP contribution in [0.4, 0.5) is 5.69 Å². The maximum atomic E-state index is 12.3. The summed E-state index contributed by atoms with van der Waals surface area (Å²) < 4.78 is 26.1. The van der Waals surface area contributed by atoms with Crippen LogP contribution in [0.5, 0.6) is 0 Å². The van der Waals surface area contributed by atoms with E-state index in [-0.39, 0.29) is 16.6 Å². The molecular formula is C14H20N2O4S. The molecule has 6 nitrogen and oxygen atoms in total. The van der Waals surface area contributed by atoms with Gasteiger partial charge in [-0.25, -0.2) is 8.42 Å². The third-order valence-electron chi connectivity index (χ3n) is 3.71. The number of rotatable bonds is 8. The molecule has 0 amide bonds. The molecule has 1 saturated heterocycles. The Bertz CT molecular complexity index is 598. The number of nitro groups is 1. The van der Waals surface area contributed by atoms with Crippen molar-refractivity contribution in [2.45, 2.75) is 50.0 Å². The Labute approximate surface area is 125 Å². The summed E-state index contributed by atoms with van der Waals surface area (Å²) in [5.41, 5.74) is -0.101. The van der Waals surface area contributed by atoms with E-state index in [4.69, 9.17) is 0 Å². The Kier molecular flexibility index (Phi) is 4.95. The molecule has 0 N–H and O–H groups in total. The van der Waals surface area contributed by atoms with Gasteiger partial charge in [-0.15, -0.1) is 0 Å². The van der Waals surface area contributed by atoms with Crippen molar-refractivity contribution in [3.05, 3.63) is 34.4 Å². The number of non-ortho nitro benzene ring substituents is 1. The molecule has 2 atom stereocenters. The summed E-state index contributed by atoms with van der Waals surface area (Å²) in [6.07, 6.45) is 5.42. The highest BCUT2D eigenvalue weighted by Gasteiger charge is 2.43. The maximum Gasteiger partial charge on any atom is 0.269 e. The van der Waals surface area contributed by atoms with E-state index < -0.39 is 14.9 Å². The van der Waals surface area contributed by atoms with Gasteiger partial charge in [0.15, 0.2) is 0 Å². The van der Waals surface area contributed by atoms with Crippen LogP contribution < -0.4 is 0 Å². The van der Waals surface area contributed by atoms with Crippen molar-refractivity contribution in [2.75, 3.05) is 6.54 Å². The lowest BCUT2D eigenvalue weighted by Gasteiger charge is -2.06. The van der Waals surface area contributed by atoms with Gasteiger partial charge in [-0.3, -0.25) is 10.1 Å². The van der Waals surface area contributed by atoms with Crippen LogP contribution in [0, 0.1) is 10.1 Å². The number of hydrogen-bond donors (Lipinski definition) is 0. The third-order valence-corrected chi connectivity index (χ3v) is 5.64. The fraction of sp³-hybridized carbons (Fsp3) is 0.571. The minimum Gasteiger partial charge on any atom is -0.258 e. The molecule has 1 aliphatic rings. The van der Waals surface area contributed by atoms with Crippen molar-refractivity contribution in [1.82, 2.24) is 4.31 Å². The molecule has 0 aromatic heterocycles. The zero-order valence-corrected chi connectivity index (χ0v) is 12.9. The van der Waals surface area contributed by atoms with E-state index in [1.165, 1.54) is 35.0 Å². The number of unbranched alkanes of at least 4 members (excludes halogenated alkanes) is 3. The molecule has 7 heteroatoms. The van der Waals surface area contributed by atoms with Crippen molar-refractivity contribution >= 4 is 15.7 Å². The van der Waals surface area contributed by atoms with Crippen molar-refractivity contribution < 1.29 is 13.3 Å². The average Bonchev–Trinajstić information content (AvgIpc) is 3.24. The van der Waals surface area contributed by atoms with Crippen LogP contribution in [0.3, 0.4) is 0 Å². The molecule has 1 heterocycles. The Morgan fingerprint density at radius 3 is 2.48 bits per heavy atom. The van der Waals surface area contributed by atoms with E-state index in [1.807, 2.05) is 0 Å². The summed E-state index contributed by atoms with van der Waals surface area (Å²) >= 11 is 0. The summed E-state index contributed by atoms with van der Waals surface area (Å²) in [5.74, 6) is 0. The lowest BCUT2D eigenvalue weighted by Crippen LogP contribution is -2.14. The van der Waals surface area contributed by atoms with Gasteiger partial charge in [-0.05, 0) is 18.6 Å². The van der Waals surface area contributed by atoms with Gasteiger partial charge >= 0.3 is 0 Å². The van der Waals surface area contributed by atoms with Crippen molar-refractivity contribution in [2.24, 2.45) is 0 Å². The van der Waals surface area contributed by atoms with E-state index in [0.717, 1.165) is 25.7 Å². The summed E-state index contributed by atoms with van der Waals surface area (Å²) in [6.45, 7) is 2.70. The smallest absolute Gasteiger partial charge is 0.258 e. The van der Waals surface area contributed by atoms with Gasteiger partial charge in [0.1, 0.15) is 0 Å². The number of sulfonamides is 1. The van der Waals surface area contributed by atoms with Crippen LogP contribution in [0.2, 0.25) is 0 Å². The lowest BCUT2D eigenvalue weighted by molar-refractivity contribution is -0.384. The zero-order chi connectivity index (χ0) is 15.5. The quantitative estimate of drug-likeness (QED) is 0.320. The van der Waals surface area contributed by atoms with Crippen molar-refractivity contribution in [1.29, 1.82) is 0 Å². The van der Waals surface area contributed by atoms with Crippen LogP contribution in [0.25, 0.3) is 0 Å². The fourth-order valence-electron chi connectivity index (χ4n) is 2.37. The largest absolute Gasteiger partial charge is 0.269 e. The molecule has 0 radical (unpaired) electrons. The van der Waals surface area contributed by atoms with Gasteiger partial charge in [-0.1, -0.05) is 32.6 Å². The van der Waals surface area contributed by atoms with E-state index in [9.17, 15) is 18.5 Å². The number of nitro benzene ring substituents is 1. The molecule has 1 unspecified atom stereocenters. The van der Waals surface area contributed by atoms with Gasteiger partial charge in [0.05, 0.1) is 9.82 Å². The first-order chi connectivity index (χ1) is 9.96. The van der Waals surface area contributed by atoms with Gasteiger partial charge in [0, 0.05) is 24.7 Å². The fourth-order valence-corrected chi connectivity index (χ4v) is 3.99. The first-order valence-corrected chi connectivity index (χ1v) is 8.67. The van der Waals surface area contributed by atoms with Crippen LogP contribution in [-0.2, 0) is 10.0 Å². The van der Waals surface area contributed by atoms with Crippen molar-refractivity contribution in [3.8, 4) is 0 Å². The Hall–Kier alpha value is -1.47.